The van der Waals surface area contributed by atoms with Crippen LogP contribution < -0.4 is 15.4 Å². The maximum Gasteiger partial charge on any atom is 0.191 e. The summed E-state index contributed by atoms with van der Waals surface area (Å²) < 4.78 is 18.7. The van der Waals surface area contributed by atoms with E-state index in [9.17, 15) is 4.39 Å². The molecule has 0 bridgehead atoms. The van der Waals surface area contributed by atoms with E-state index in [0.29, 0.717) is 12.5 Å². The van der Waals surface area contributed by atoms with Crippen LogP contribution in [0.25, 0.3) is 10.9 Å². The molecule has 1 heterocycles. The van der Waals surface area contributed by atoms with Crippen LogP contribution in [0.5, 0.6) is 5.75 Å². The van der Waals surface area contributed by atoms with Crippen LogP contribution in [0.2, 0.25) is 0 Å². The molecule has 0 aliphatic rings. The van der Waals surface area contributed by atoms with Gasteiger partial charge in [-0.2, -0.15) is 0 Å². The molecule has 0 amide bonds. The highest BCUT2D eigenvalue weighted by molar-refractivity contribution is 5.83. The van der Waals surface area contributed by atoms with Gasteiger partial charge in [-0.1, -0.05) is 24.3 Å². The second-order valence-corrected chi connectivity index (χ2v) is 5.93. The lowest BCUT2D eigenvalue weighted by Crippen LogP contribution is -2.37. The molecule has 1 aromatic heterocycles. The van der Waals surface area contributed by atoms with E-state index in [1.807, 2.05) is 24.4 Å². The van der Waals surface area contributed by atoms with E-state index in [1.54, 1.807) is 13.1 Å². The number of aliphatic imine (C=N–C) groups is 1. The summed E-state index contributed by atoms with van der Waals surface area (Å²) in [5, 5.41) is 7.72. The lowest BCUT2D eigenvalue weighted by atomic mass is 10.1. The fourth-order valence-corrected chi connectivity index (χ4v) is 2.88. The number of aromatic amines is 1. The van der Waals surface area contributed by atoms with Crippen LogP contribution in [-0.4, -0.2) is 31.6 Å². The van der Waals surface area contributed by atoms with Crippen LogP contribution in [0, 0.1) is 5.82 Å². The van der Waals surface area contributed by atoms with Gasteiger partial charge in [-0.05, 0) is 35.7 Å². The number of hydrogen-bond donors (Lipinski definition) is 3. The number of guanidine groups is 1. The molecule has 0 atom stereocenters. The molecule has 26 heavy (non-hydrogen) atoms. The molecule has 0 saturated carbocycles. The standard InChI is InChI=1S/C20H23FN4O/c1-22-20(25-12-14-7-8-19(26-2)17(21)11-14)23-10-9-15-13-24-18-6-4-3-5-16(15)18/h3-8,11,13,24H,9-10,12H2,1-2H3,(H2,22,23,25). The molecule has 5 nitrogen and oxygen atoms in total. The molecule has 0 aliphatic heterocycles. The number of benzene rings is 2. The lowest BCUT2D eigenvalue weighted by Gasteiger charge is -2.12. The first kappa shape index (κ1) is 17.8. The fourth-order valence-electron chi connectivity index (χ4n) is 2.88. The van der Waals surface area contributed by atoms with Crippen molar-refractivity contribution in [3.63, 3.8) is 0 Å². The molecule has 3 N–H and O–H groups in total. The van der Waals surface area contributed by atoms with Crippen molar-refractivity contribution in [2.24, 2.45) is 4.99 Å². The normalized spacial score (nSPS) is 11.6. The minimum atomic E-state index is -0.367. The molecule has 0 fully saturated rings. The molecule has 0 spiro atoms. The Kier molecular flexibility index (Phi) is 5.73. The van der Waals surface area contributed by atoms with Gasteiger partial charge >= 0.3 is 0 Å². The Hall–Kier alpha value is -3.02. The van der Waals surface area contributed by atoms with Crippen molar-refractivity contribution in [2.75, 3.05) is 20.7 Å². The predicted octanol–water partition coefficient (Wildman–Crippen LogP) is 3.22. The highest BCUT2D eigenvalue weighted by Gasteiger charge is 2.06. The number of aromatic nitrogens is 1. The second-order valence-electron chi connectivity index (χ2n) is 5.93. The minimum Gasteiger partial charge on any atom is -0.494 e. The predicted molar refractivity (Wildman–Crippen MR) is 103 cm³/mol. The van der Waals surface area contributed by atoms with Crippen LogP contribution in [0.15, 0.2) is 53.7 Å². The zero-order valence-corrected chi connectivity index (χ0v) is 15.0. The molecule has 0 saturated heterocycles. The number of nitrogens with zero attached hydrogens (tertiary/aromatic N) is 1. The van der Waals surface area contributed by atoms with E-state index in [1.165, 1.54) is 24.1 Å². The maximum absolute atomic E-state index is 13.7. The number of para-hydroxylation sites is 1. The number of methoxy groups -OCH3 is 1. The number of halogens is 1. The second kappa shape index (κ2) is 8.38. The molecule has 0 unspecified atom stereocenters. The van der Waals surface area contributed by atoms with Gasteiger partial charge in [0.1, 0.15) is 0 Å². The molecular formula is C20H23FN4O. The van der Waals surface area contributed by atoms with Crippen LogP contribution in [-0.2, 0) is 13.0 Å². The summed E-state index contributed by atoms with van der Waals surface area (Å²) in [6.07, 6.45) is 2.92. The van der Waals surface area contributed by atoms with E-state index >= 15 is 0 Å². The van der Waals surface area contributed by atoms with Crippen molar-refractivity contribution in [3.05, 3.63) is 65.6 Å². The van der Waals surface area contributed by atoms with Crippen LogP contribution in [0.4, 0.5) is 4.39 Å². The van der Waals surface area contributed by atoms with Crippen LogP contribution in [0.3, 0.4) is 0 Å². The molecular weight excluding hydrogens is 331 g/mol. The summed E-state index contributed by atoms with van der Waals surface area (Å²) in [5.41, 5.74) is 3.23. The van der Waals surface area contributed by atoms with E-state index in [2.05, 4.69) is 32.7 Å². The summed E-state index contributed by atoms with van der Waals surface area (Å²) in [5.74, 6) is 0.560. The molecule has 0 radical (unpaired) electrons. The highest BCUT2D eigenvalue weighted by atomic mass is 19.1. The Bertz CT molecular complexity index is 904. The summed E-state index contributed by atoms with van der Waals surface area (Å²) in [4.78, 5) is 7.49. The smallest absolute Gasteiger partial charge is 0.191 e. The number of rotatable bonds is 6. The quantitative estimate of drug-likeness (QED) is 0.470. The first-order chi connectivity index (χ1) is 12.7. The fraction of sp³-hybridized carbons (Fsp3) is 0.250. The van der Waals surface area contributed by atoms with E-state index in [-0.39, 0.29) is 11.6 Å². The minimum absolute atomic E-state index is 0.245. The molecule has 136 valence electrons. The summed E-state index contributed by atoms with van der Waals surface area (Å²) >= 11 is 0. The van der Waals surface area contributed by atoms with Gasteiger partial charge in [0.2, 0.25) is 0 Å². The van der Waals surface area contributed by atoms with Crippen molar-refractivity contribution >= 4 is 16.9 Å². The number of H-pyrrole nitrogens is 1. The summed E-state index contributed by atoms with van der Waals surface area (Å²) in [6.45, 7) is 1.23. The van der Waals surface area contributed by atoms with Gasteiger partial charge in [0.25, 0.3) is 0 Å². The number of ether oxygens (including phenoxy) is 1. The first-order valence-corrected chi connectivity index (χ1v) is 8.53. The van der Waals surface area contributed by atoms with Crippen LogP contribution >= 0.6 is 0 Å². The largest absolute Gasteiger partial charge is 0.494 e. The van der Waals surface area contributed by atoms with Gasteiger partial charge in [0.05, 0.1) is 7.11 Å². The molecule has 3 aromatic rings. The van der Waals surface area contributed by atoms with Crippen molar-refractivity contribution < 1.29 is 9.13 Å². The average Bonchev–Trinajstić information content (AvgIpc) is 3.08. The van der Waals surface area contributed by atoms with Gasteiger partial charge in [-0.3, -0.25) is 4.99 Å². The van der Waals surface area contributed by atoms with E-state index in [4.69, 9.17) is 4.74 Å². The van der Waals surface area contributed by atoms with Crippen molar-refractivity contribution in [1.82, 2.24) is 15.6 Å². The topological polar surface area (TPSA) is 61.4 Å². The average molecular weight is 354 g/mol. The number of nitrogens with one attached hydrogen (secondary N) is 3. The molecule has 3 rings (SSSR count). The molecule has 0 aliphatic carbocycles. The monoisotopic (exact) mass is 354 g/mol. The third-order valence-corrected chi connectivity index (χ3v) is 4.26. The van der Waals surface area contributed by atoms with Gasteiger partial charge in [-0.25, -0.2) is 4.39 Å². The van der Waals surface area contributed by atoms with Gasteiger partial charge in [0, 0.05) is 37.2 Å². The van der Waals surface area contributed by atoms with Gasteiger partial charge in [0.15, 0.2) is 17.5 Å². The van der Waals surface area contributed by atoms with E-state index in [0.717, 1.165) is 24.0 Å². The third-order valence-electron chi connectivity index (χ3n) is 4.26. The lowest BCUT2D eigenvalue weighted by molar-refractivity contribution is 0.386. The first-order valence-electron chi connectivity index (χ1n) is 8.53. The number of hydrogen-bond acceptors (Lipinski definition) is 2. The van der Waals surface area contributed by atoms with E-state index < -0.39 is 0 Å². The Morgan fingerprint density at radius 1 is 1.19 bits per heavy atom. The summed E-state index contributed by atoms with van der Waals surface area (Å²) in [6, 6.07) is 13.2. The van der Waals surface area contributed by atoms with Crippen molar-refractivity contribution in [3.8, 4) is 5.75 Å². The van der Waals surface area contributed by atoms with Crippen molar-refractivity contribution in [2.45, 2.75) is 13.0 Å². The van der Waals surface area contributed by atoms with Crippen molar-refractivity contribution in [1.29, 1.82) is 0 Å². The van der Waals surface area contributed by atoms with Gasteiger partial charge < -0.3 is 20.4 Å². The Morgan fingerprint density at radius 3 is 2.81 bits per heavy atom. The zero-order chi connectivity index (χ0) is 18.4. The van der Waals surface area contributed by atoms with Crippen LogP contribution in [0.1, 0.15) is 11.1 Å². The Labute approximate surface area is 152 Å². The molecule has 2 aromatic carbocycles. The molecule has 6 heteroatoms. The highest BCUT2D eigenvalue weighted by Crippen LogP contribution is 2.18. The summed E-state index contributed by atoms with van der Waals surface area (Å²) in [7, 11) is 3.17. The zero-order valence-electron chi connectivity index (χ0n) is 15.0. The SMILES string of the molecule is CN=C(NCCc1c[nH]c2ccccc12)NCc1ccc(OC)c(F)c1. The van der Waals surface area contributed by atoms with Gasteiger partial charge in [-0.15, -0.1) is 0 Å². The Morgan fingerprint density at radius 2 is 2.04 bits per heavy atom. The third kappa shape index (κ3) is 4.14. The maximum atomic E-state index is 13.7. The Balaban J connectivity index is 1.51. The number of fused-ring (bicyclic) bond motifs is 1.